The van der Waals surface area contributed by atoms with Crippen molar-refractivity contribution < 1.29 is 4.92 Å². The van der Waals surface area contributed by atoms with Gasteiger partial charge < -0.3 is 5.32 Å². The van der Waals surface area contributed by atoms with Gasteiger partial charge in [0.25, 0.3) is 0 Å². The first-order valence-corrected chi connectivity index (χ1v) is 7.96. The molecule has 0 bridgehead atoms. The van der Waals surface area contributed by atoms with E-state index in [2.05, 4.69) is 31.2 Å². The van der Waals surface area contributed by atoms with Crippen LogP contribution < -0.4 is 5.32 Å². The maximum atomic E-state index is 11.1. The molecule has 0 spiro atoms. The third kappa shape index (κ3) is 3.94. The maximum Gasteiger partial charge on any atom is 0.312 e. The number of benzene rings is 1. The first-order valence-electron chi connectivity index (χ1n) is 7.16. The lowest BCUT2D eigenvalue weighted by molar-refractivity contribution is -0.384. The summed E-state index contributed by atoms with van der Waals surface area (Å²) in [6, 6.07) is 13.1. The summed E-state index contributed by atoms with van der Waals surface area (Å²) in [5.41, 5.74) is 2.98. The van der Waals surface area contributed by atoms with Crippen molar-refractivity contribution in [2.45, 2.75) is 6.42 Å². The van der Waals surface area contributed by atoms with Gasteiger partial charge in [0.2, 0.25) is 5.82 Å². The topological polar surface area (TPSA) is 81.0 Å². The van der Waals surface area contributed by atoms with Gasteiger partial charge in [-0.25, -0.2) is 4.98 Å². The highest BCUT2D eigenvalue weighted by Crippen LogP contribution is 2.28. The Morgan fingerprint density at radius 2 is 1.75 bits per heavy atom. The van der Waals surface area contributed by atoms with Gasteiger partial charge in [0.05, 0.1) is 4.92 Å². The highest BCUT2D eigenvalue weighted by atomic mass is 79.9. The van der Waals surface area contributed by atoms with Crippen LogP contribution in [0.5, 0.6) is 0 Å². The van der Waals surface area contributed by atoms with E-state index in [-0.39, 0.29) is 11.5 Å². The summed E-state index contributed by atoms with van der Waals surface area (Å²) >= 11 is 3.19. The predicted octanol–water partition coefficient (Wildman–Crippen LogP) is 4.48. The lowest BCUT2D eigenvalue weighted by Crippen LogP contribution is -2.00. The molecule has 0 aliphatic heterocycles. The zero-order valence-corrected chi connectivity index (χ0v) is 14.1. The van der Waals surface area contributed by atoms with Gasteiger partial charge in [-0.05, 0) is 57.7 Å². The van der Waals surface area contributed by atoms with Crippen molar-refractivity contribution in [1.29, 1.82) is 0 Å². The van der Waals surface area contributed by atoms with Gasteiger partial charge in [-0.2, -0.15) is 0 Å². The summed E-state index contributed by atoms with van der Waals surface area (Å²) in [6.07, 6.45) is 5.86. The molecular formula is C17H13BrN4O2. The van der Waals surface area contributed by atoms with Gasteiger partial charge in [0.15, 0.2) is 0 Å². The molecule has 0 unspecified atom stereocenters. The third-order valence-electron chi connectivity index (χ3n) is 3.41. The summed E-state index contributed by atoms with van der Waals surface area (Å²) < 4.78 is 0.562. The van der Waals surface area contributed by atoms with Crippen molar-refractivity contribution in [2.75, 3.05) is 5.32 Å². The number of pyridine rings is 2. The Morgan fingerprint density at radius 1 is 1.08 bits per heavy atom. The second-order valence-corrected chi connectivity index (χ2v) is 6.05. The number of hydrogen-bond donors (Lipinski definition) is 1. The molecule has 3 aromatic rings. The predicted molar refractivity (Wildman–Crippen MR) is 95.4 cm³/mol. The number of halogens is 1. The smallest absolute Gasteiger partial charge is 0.312 e. The lowest BCUT2D eigenvalue weighted by Gasteiger charge is -2.08. The molecule has 0 saturated heterocycles. The molecule has 24 heavy (non-hydrogen) atoms. The molecule has 2 aromatic heterocycles. The SMILES string of the molecule is O=[N+]([O-])c1cc(Br)cnc1Nc1ccc(Cc2ccncc2)cc1. The summed E-state index contributed by atoms with van der Waals surface area (Å²) in [7, 11) is 0. The van der Waals surface area contributed by atoms with Crippen molar-refractivity contribution in [1.82, 2.24) is 9.97 Å². The van der Waals surface area contributed by atoms with Crippen LogP contribution in [0.1, 0.15) is 11.1 Å². The largest absolute Gasteiger partial charge is 0.334 e. The molecule has 0 radical (unpaired) electrons. The van der Waals surface area contributed by atoms with E-state index >= 15 is 0 Å². The molecule has 6 nitrogen and oxygen atoms in total. The van der Waals surface area contributed by atoms with Crippen molar-refractivity contribution in [3.05, 3.63) is 86.8 Å². The first kappa shape index (κ1) is 16.1. The number of nitrogens with zero attached hydrogens (tertiary/aromatic N) is 3. The van der Waals surface area contributed by atoms with Crippen LogP contribution in [-0.2, 0) is 6.42 Å². The number of anilines is 2. The Morgan fingerprint density at radius 3 is 2.42 bits per heavy atom. The number of aromatic nitrogens is 2. The highest BCUT2D eigenvalue weighted by Gasteiger charge is 2.16. The van der Waals surface area contributed by atoms with Crippen LogP contribution in [0.2, 0.25) is 0 Å². The Kier molecular flexibility index (Phi) is 4.81. The van der Waals surface area contributed by atoms with Gasteiger partial charge in [-0.3, -0.25) is 15.1 Å². The number of nitro groups is 1. The van der Waals surface area contributed by atoms with Gasteiger partial charge in [0.1, 0.15) is 0 Å². The maximum absolute atomic E-state index is 11.1. The average Bonchev–Trinajstić information content (AvgIpc) is 2.59. The Bertz CT molecular complexity index is 854. The second kappa shape index (κ2) is 7.18. The summed E-state index contributed by atoms with van der Waals surface area (Å²) in [5.74, 6) is 0.213. The average molecular weight is 385 g/mol. The van der Waals surface area contributed by atoms with E-state index in [4.69, 9.17) is 0 Å². The fourth-order valence-electron chi connectivity index (χ4n) is 2.24. The number of hydrogen-bond acceptors (Lipinski definition) is 5. The monoisotopic (exact) mass is 384 g/mol. The zero-order chi connectivity index (χ0) is 16.9. The number of nitrogens with one attached hydrogen (secondary N) is 1. The minimum atomic E-state index is -0.460. The molecule has 3 rings (SSSR count). The van der Waals surface area contributed by atoms with Crippen LogP contribution in [0.4, 0.5) is 17.2 Å². The van der Waals surface area contributed by atoms with Crippen molar-refractivity contribution in [2.24, 2.45) is 0 Å². The molecule has 0 fully saturated rings. The summed E-state index contributed by atoms with van der Waals surface area (Å²) in [6.45, 7) is 0. The van der Waals surface area contributed by atoms with Gasteiger partial charge >= 0.3 is 5.69 Å². The molecule has 0 amide bonds. The Labute approximate surface area is 146 Å². The third-order valence-corrected chi connectivity index (χ3v) is 3.84. The molecule has 0 atom stereocenters. The summed E-state index contributed by atoms with van der Waals surface area (Å²) in [4.78, 5) is 18.7. The van der Waals surface area contributed by atoms with Crippen LogP contribution in [0.3, 0.4) is 0 Å². The van der Waals surface area contributed by atoms with E-state index in [1.807, 2.05) is 36.4 Å². The van der Waals surface area contributed by atoms with Gasteiger partial charge in [0, 0.05) is 34.8 Å². The van der Waals surface area contributed by atoms with E-state index in [0.717, 1.165) is 17.7 Å². The number of rotatable bonds is 5. The molecule has 0 aliphatic rings. The molecule has 2 heterocycles. The normalized spacial score (nSPS) is 10.4. The van der Waals surface area contributed by atoms with Crippen LogP contribution in [-0.4, -0.2) is 14.9 Å². The molecule has 0 aliphatic carbocycles. The minimum absolute atomic E-state index is 0.0785. The molecule has 0 saturated carbocycles. The quantitative estimate of drug-likeness (QED) is 0.517. The Hall–Kier alpha value is -2.80. The van der Waals surface area contributed by atoms with Gasteiger partial charge in [-0.15, -0.1) is 0 Å². The Balaban J connectivity index is 1.76. The molecule has 7 heteroatoms. The molecule has 1 aromatic carbocycles. The van der Waals surface area contributed by atoms with Crippen molar-refractivity contribution in [3.8, 4) is 0 Å². The van der Waals surface area contributed by atoms with Crippen molar-refractivity contribution in [3.63, 3.8) is 0 Å². The van der Waals surface area contributed by atoms with E-state index in [1.165, 1.54) is 17.8 Å². The van der Waals surface area contributed by atoms with E-state index in [9.17, 15) is 10.1 Å². The van der Waals surface area contributed by atoms with Crippen LogP contribution in [0.25, 0.3) is 0 Å². The second-order valence-electron chi connectivity index (χ2n) is 5.13. The summed E-state index contributed by atoms with van der Waals surface area (Å²) in [5, 5.41) is 14.1. The highest BCUT2D eigenvalue weighted by molar-refractivity contribution is 9.10. The molecule has 1 N–H and O–H groups in total. The minimum Gasteiger partial charge on any atom is -0.334 e. The standard InChI is InChI=1S/C17H13BrN4O2/c18-14-10-16(22(23)24)17(20-11-14)21-15-3-1-12(2-4-15)9-13-5-7-19-8-6-13/h1-8,10-11H,9H2,(H,20,21). The first-order chi connectivity index (χ1) is 11.6. The van der Waals surface area contributed by atoms with E-state index in [0.29, 0.717) is 4.47 Å². The van der Waals surface area contributed by atoms with Crippen LogP contribution in [0, 0.1) is 10.1 Å². The van der Waals surface area contributed by atoms with Crippen LogP contribution in [0.15, 0.2) is 65.5 Å². The van der Waals surface area contributed by atoms with Gasteiger partial charge in [-0.1, -0.05) is 12.1 Å². The lowest BCUT2D eigenvalue weighted by atomic mass is 10.1. The fraction of sp³-hybridized carbons (Fsp3) is 0.0588. The van der Waals surface area contributed by atoms with Crippen molar-refractivity contribution >= 4 is 33.1 Å². The zero-order valence-electron chi connectivity index (χ0n) is 12.5. The molecular weight excluding hydrogens is 372 g/mol. The van der Waals surface area contributed by atoms with E-state index in [1.54, 1.807) is 12.4 Å². The fourth-order valence-corrected chi connectivity index (χ4v) is 2.56. The molecule has 120 valence electrons. The van der Waals surface area contributed by atoms with Crippen LogP contribution >= 0.6 is 15.9 Å². The van der Waals surface area contributed by atoms with E-state index < -0.39 is 4.92 Å².